The Morgan fingerprint density at radius 3 is 2.57 bits per heavy atom. The fourth-order valence-electron chi connectivity index (χ4n) is 3.21. The van der Waals surface area contributed by atoms with Gasteiger partial charge in [0, 0.05) is 49.0 Å². The van der Waals surface area contributed by atoms with Crippen LogP contribution in [-0.4, -0.2) is 31.8 Å². The molecule has 3 rings (SSSR count). The molecule has 0 aliphatic rings. The zero-order valence-electron chi connectivity index (χ0n) is 15.9. The second-order valence-corrected chi connectivity index (χ2v) is 7.14. The molecule has 0 amide bonds. The first kappa shape index (κ1) is 20.0. The van der Waals surface area contributed by atoms with E-state index >= 15 is 0 Å². The molecule has 0 saturated heterocycles. The second-order valence-electron chi connectivity index (χ2n) is 6.70. The first-order valence-electron chi connectivity index (χ1n) is 9.04. The van der Waals surface area contributed by atoms with E-state index in [0.717, 1.165) is 17.0 Å². The summed E-state index contributed by atoms with van der Waals surface area (Å²) in [5.41, 5.74) is 3.53. The van der Waals surface area contributed by atoms with E-state index in [2.05, 4.69) is 5.10 Å². The maximum atomic E-state index is 12.9. The molecule has 0 aliphatic carbocycles. The first-order valence-corrected chi connectivity index (χ1v) is 9.42. The van der Waals surface area contributed by atoms with Gasteiger partial charge in [-0.2, -0.15) is 5.10 Å². The van der Waals surface area contributed by atoms with Crippen LogP contribution in [0, 0.1) is 6.92 Å². The average Bonchev–Trinajstić information content (AvgIpc) is 2.95. The van der Waals surface area contributed by atoms with Crippen molar-refractivity contribution in [3.63, 3.8) is 0 Å². The Morgan fingerprint density at radius 2 is 1.89 bits per heavy atom. The maximum Gasteiger partial charge on any atom is 0.266 e. The van der Waals surface area contributed by atoms with Crippen molar-refractivity contribution in [1.82, 2.24) is 14.3 Å². The number of carbonyl (C=O) groups is 1. The molecular formula is C21H22ClN3O3. The van der Waals surface area contributed by atoms with Crippen molar-refractivity contribution in [2.24, 2.45) is 7.05 Å². The molecule has 0 saturated carbocycles. The minimum atomic E-state index is -0.195. The summed E-state index contributed by atoms with van der Waals surface area (Å²) in [6.45, 7) is 2.28. The number of hydrogen-bond acceptors (Lipinski definition) is 4. The fraction of sp³-hybridized carbons (Fsp3) is 0.286. The largest absolute Gasteiger partial charge is 0.396 e. The van der Waals surface area contributed by atoms with Crippen LogP contribution in [0.5, 0.6) is 0 Å². The summed E-state index contributed by atoms with van der Waals surface area (Å²) in [5, 5.41) is 13.9. The van der Waals surface area contributed by atoms with Crippen molar-refractivity contribution in [1.29, 1.82) is 0 Å². The smallest absolute Gasteiger partial charge is 0.266 e. The third-order valence-electron chi connectivity index (χ3n) is 4.66. The normalized spacial score (nSPS) is 11.0. The molecule has 0 fully saturated rings. The summed E-state index contributed by atoms with van der Waals surface area (Å²) >= 11 is 5.91. The number of hydrogen-bond donors (Lipinski definition) is 1. The second kappa shape index (κ2) is 8.54. The molecule has 0 aliphatic heterocycles. The van der Waals surface area contributed by atoms with Gasteiger partial charge >= 0.3 is 0 Å². The van der Waals surface area contributed by atoms with E-state index in [0.29, 0.717) is 35.7 Å². The molecule has 2 aromatic heterocycles. The quantitative estimate of drug-likeness (QED) is 0.620. The van der Waals surface area contributed by atoms with E-state index in [4.69, 9.17) is 16.7 Å². The van der Waals surface area contributed by atoms with E-state index in [-0.39, 0.29) is 17.9 Å². The number of carbonyl (C=O) groups excluding carboxylic acids is 1. The van der Waals surface area contributed by atoms with Crippen LogP contribution in [0.15, 0.2) is 47.3 Å². The number of aliphatic hydroxyl groups excluding tert-OH is 1. The van der Waals surface area contributed by atoms with Gasteiger partial charge in [-0.3, -0.25) is 9.59 Å². The van der Waals surface area contributed by atoms with E-state index in [1.807, 2.05) is 24.6 Å². The summed E-state index contributed by atoms with van der Waals surface area (Å²) in [6, 6.07) is 12.0. The van der Waals surface area contributed by atoms with E-state index in [9.17, 15) is 9.59 Å². The Bertz CT molecular complexity index is 1050. The van der Waals surface area contributed by atoms with Crippen molar-refractivity contribution >= 4 is 17.4 Å². The molecule has 0 radical (unpaired) electrons. The predicted molar refractivity (Wildman–Crippen MR) is 108 cm³/mol. The lowest BCUT2D eigenvalue weighted by molar-refractivity contribution is 0.103. The molecular weight excluding hydrogens is 378 g/mol. The molecule has 7 heteroatoms. The summed E-state index contributed by atoms with van der Waals surface area (Å²) < 4.78 is 3.23. The Balaban J connectivity index is 1.89. The Labute approximate surface area is 168 Å². The highest BCUT2D eigenvalue weighted by Gasteiger charge is 2.19. The summed E-state index contributed by atoms with van der Waals surface area (Å²) in [4.78, 5) is 24.8. The van der Waals surface area contributed by atoms with Crippen LogP contribution in [0.3, 0.4) is 0 Å². The van der Waals surface area contributed by atoms with Crippen molar-refractivity contribution in [2.45, 2.75) is 26.3 Å². The van der Waals surface area contributed by atoms with Crippen molar-refractivity contribution in [3.05, 3.63) is 86.0 Å². The maximum absolute atomic E-state index is 12.9. The topological polar surface area (TPSA) is 77.1 Å². The molecule has 28 heavy (non-hydrogen) atoms. The van der Waals surface area contributed by atoms with Crippen LogP contribution in [0.4, 0.5) is 0 Å². The van der Waals surface area contributed by atoms with Gasteiger partial charge in [-0.25, -0.2) is 4.68 Å². The lowest BCUT2D eigenvalue weighted by Crippen LogP contribution is -2.23. The van der Waals surface area contributed by atoms with Gasteiger partial charge in [0.05, 0.1) is 11.4 Å². The van der Waals surface area contributed by atoms with Gasteiger partial charge in [-0.05, 0) is 55.3 Å². The van der Waals surface area contributed by atoms with Crippen LogP contribution in [0.2, 0.25) is 5.02 Å². The molecule has 0 bridgehead atoms. The minimum absolute atomic E-state index is 0.00548. The van der Waals surface area contributed by atoms with E-state index in [1.54, 1.807) is 30.3 Å². The molecule has 1 aromatic carbocycles. The monoisotopic (exact) mass is 399 g/mol. The van der Waals surface area contributed by atoms with Crippen LogP contribution in [0.1, 0.15) is 39.4 Å². The molecule has 1 N–H and O–H groups in total. The lowest BCUT2D eigenvalue weighted by Gasteiger charge is -2.09. The van der Waals surface area contributed by atoms with Gasteiger partial charge in [0.15, 0.2) is 0 Å². The summed E-state index contributed by atoms with van der Waals surface area (Å²) in [5.74, 6) is -0.0659. The van der Waals surface area contributed by atoms with E-state index < -0.39 is 0 Å². The van der Waals surface area contributed by atoms with Crippen LogP contribution < -0.4 is 5.56 Å². The number of aromatic nitrogens is 3. The van der Waals surface area contributed by atoms with Crippen LogP contribution >= 0.6 is 11.6 Å². The Kier molecular flexibility index (Phi) is 6.11. The first-order chi connectivity index (χ1) is 13.4. The zero-order valence-corrected chi connectivity index (χ0v) is 16.6. The third kappa shape index (κ3) is 4.24. The molecule has 0 atom stereocenters. The van der Waals surface area contributed by atoms with Crippen molar-refractivity contribution < 1.29 is 9.90 Å². The highest BCUT2D eigenvalue weighted by atomic mass is 35.5. The Morgan fingerprint density at radius 1 is 1.18 bits per heavy atom. The van der Waals surface area contributed by atoms with E-state index in [1.165, 1.54) is 10.7 Å². The summed E-state index contributed by atoms with van der Waals surface area (Å²) in [7, 11) is 1.85. The average molecular weight is 400 g/mol. The highest BCUT2D eigenvalue weighted by molar-refractivity contribution is 6.30. The number of ketones is 1. The highest BCUT2D eigenvalue weighted by Crippen LogP contribution is 2.21. The number of aryl methyl sites for hydroxylation is 2. The molecule has 3 aromatic rings. The van der Waals surface area contributed by atoms with Gasteiger partial charge in [0.25, 0.3) is 5.56 Å². The van der Waals surface area contributed by atoms with Crippen molar-refractivity contribution in [3.8, 4) is 0 Å². The van der Waals surface area contributed by atoms with Crippen molar-refractivity contribution in [2.75, 3.05) is 6.61 Å². The standard InChI is InChI=1S/C21H22ClN3O3/c1-14-12-18(13-17-8-9-19(27)25(23-17)10-3-11-26)24(2)20(14)21(28)15-4-6-16(22)7-5-15/h4-9,12,26H,3,10-11,13H2,1-2H3. The molecule has 6 nitrogen and oxygen atoms in total. The minimum Gasteiger partial charge on any atom is -0.396 e. The predicted octanol–water partition coefficient (Wildman–Crippen LogP) is 2.75. The molecule has 146 valence electrons. The van der Waals surface area contributed by atoms with Crippen LogP contribution in [0.25, 0.3) is 0 Å². The van der Waals surface area contributed by atoms with Gasteiger partial charge in [-0.1, -0.05) is 11.6 Å². The lowest BCUT2D eigenvalue weighted by atomic mass is 10.1. The van der Waals surface area contributed by atoms with Gasteiger partial charge < -0.3 is 9.67 Å². The number of nitrogens with zero attached hydrogens (tertiary/aromatic N) is 3. The number of aliphatic hydroxyl groups is 1. The SMILES string of the molecule is Cc1cc(Cc2ccc(=O)n(CCCO)n2)n(C)c1C(=O)c1ccc(Cl)cc1. The third-order valence-corrected chi connectivity index (χ3v) is 4.91. The zero-order chi connectivity index (χ0) is 20.3. The Hall–Kier alpha value is -2.70. The molecule has 2 heterocycles. The van der Waals surface area contributed by atoms with Gasteiger partial charge in [-0.15, -0.1) is 0 Å². The fourth-order valence-corrected chi connectivity index (χ4v) is 3.34. The molecule has 0 unspecified atom stereocenters. The number of halogens is 1. The number of rotatable bonds is 7. The van der Waals surface area contributed by atoms with Gasteiger partial charge in [0.1, 0.15) is 0 Å². The summed E-state index contributed by atoms with van der Waals surface area (Å²) in [6.07, 6.45) is 0.962. The van der Waals surface area contributed by atoms with Crippen LogP contribution in [-0.2, 0) is 20.0 Å². The molecule has 0 spiro atoms. The van der Waals surface area contributed by atoms with Gasteiger partial charge in [0.2, 0.25) is 5.78 Å². The number of benzene rings is 1.